The van der Waals surface area contributed by atoms with E-state index in [0.29, 0.717) is 0 Å². The number of nitrogens with zero attached hydrogens (tertiary/aromatic N) is 2. The number of benzene rings is 2. The summed E-state index contributed by atoms with van der Waals surface area (Å²) in [6, 6.07) is 15.8. The Labute approximate surface area is 135 Å². The maximum absolute atomic E-state index is 13.8. The van der Waals surface area contributed by atoms with Crippen LogP contribution in [0.4, 0.5) is 10.1 Å². The van der Waals surface area contributed by atoms with Crippen molar-refractivity contribution in [2.75, 3.05) is 37.3 Å². The first-order valence-corrected chi connectivity index (χ1v) is 8.83. The summed E-state index contributed by atoms with van der Waals surface area (Å²) in [5.74, 6) is -0.122. The van der Waals surface area contributed by atoms with Crippen LogP contribution in [0.3, 0.4) is 0 Å². The Morgan fingerprint density at radius 2 is 1.64 bits per heavy atom. The zero-order chi connectivity index (χ0) is 15.4. The van der Waals surface area contributed by atoms with Gasteiger partial charge in [-0.25, -0.2) is 4.39 Å². The number of thioether (sulfide) groups is 1. The fourth-order valence-corrected chi connectivity index (χ4v) is 3.25. The molecule has 1 aliphatic heterocycles. The van der Waals surface area contributed by atoms with E-state index in [1.807, 2.05) is 12.1 Å². The van der Waals surface area contributed by atoms with E-state index in [4.69, 9.17) is 0 Å². The first kappa shape index (κ1) is 15.4. The Morgan fingerprint density at radius 3 is 2.27 bits per heavy atom. The molecule has 0 spiro atoms. The molecule has 0 amide bonds. The van der Waals surface area contributed by atoms with Crippen molar-refractivity contribution in [1.29, 1.82) is 0 Å². The fourth-order valence-electron chi connectivity index (χ4n) is 2.84. The molecule has 4 heteroatoms. The molecule has 3 rings (SSSR count). The van der Waals surface area contributed by atoms with Crippen LogP contribution in [0, 0.1) is 5.82 Å². The predicted molar refractivity (Wildman–Crippen MR) is 92.1 cm³/mol. The topological polar surface area (TPSA) is 6.48 Å². The van der Waals surface area contributed by atoms with Crippen LogP contribution in [0.1, 0.15) is 5.56 Å². The average molecular weight is 316 g/mol. The minimum atomic E-state index is -0.122. The third-order valence-electron chi connectivity index (χ3n) is 4.13. The van der Waals surface area contributed by atoms with Gasteiger partial charge in [-0.3, -0.25) is 4.90 Å². The zero-order valence-corrected chi connectivity index (χ0v) is 13.7. The van der Waals surface area contributed by atoms with Crippen molar-refractivity contribution in [3.8, 4) is 0 Å². The minimum absolute atomic E-state index is 0.122. The monoisotopic (exact) mass is 316 g/mol. The molecular formula is C18H21FN2S. The highest BCUT2D eigenvalue weighted by Gasteiger charge is 2.19. The molecule has 2 aromatic rings. The Kier molecular flexibility index (Phi) is 5.01. The quantitative estimate of drug-likeness (QED) is 0.791. The summed E-state index contributed by atoms with van der Waals surface area (Å²) >= 11 is 1.77. The first-order valence-electron chi connectivity index (χ1n) is 7.61. The maximum Gasteiger partial charge on any atom is 0.146 e. The van der Waals surface area contributed by atoms with Gasteiger partial charge in [-0.15, -0.1) is 11.8 Å². The van der Waals surface area contributed by atoms with E-state index in [2.05, 4.69) is 40.3 Å². The summed E-state index contributed by atoms with van der Waals surface area (Å²) in [7, 11) is 0. The number of anilines is 1. The van der Waals surface area contributed by atoms with Crippen molar-refractivity contribution in [3.63, 3.8) is 0 Å². The van der Waals surface area contributed by atoms with Crippen LogP contribution in [-0.2, 0) is 6.54 Å². The van der Waals surface area contributed by atoms with Gasteiger partial charge in [0.05, 0.1) is 5.69 Å². The molecule has 0 N–H and O–H groups in total. The highest BCUT2D eigenvalue weighted by molar-refractivity contribution is 7.98. The Morgan fingerprint density at radius 1 is 0.955 bits per heavy atom. The van der Waals surface area contributed by atoms with E-state index in [1.165, 1.54) is 16.5 Å². The SMILES string of the molecule is CSc1ccc(CN2CCN(c3ccccc3F)CC2)cc1. The van der Waals surface area contributed by atoms with Crippen molar-refractivity contribution < 1.29 is 4.39 Å². The molecule has 0 saturated carbocycles. The summed E-state index contributed by atoms with van der Waals surface area (Å²) in [5, 5.41) is 0. The predicted octanol–water partition coefficient (Wildman–Crippen LogP) is 3.87. The van der Waals surface area contributed by atoms with Crippen LogP contribution in [-0.4, -0.2) is 37.3 Å². The summed E-state index contributed by atoms with van der Waals surface area (Å²) in [4.78, 5) is 5.88. The van der Waals surface area contributed by atoms with Gasteiger partial charge in [0.15, 0.2) is 0 Å². The second kappa shape index (κ2) is 7.16. The Bertz CT molecular complexity index is 607. The van der Waals surface area contributed by atoms with Crippen LogP contribution in [0.25, 0.3) is 0 Å². The van der Waals surface area contributed by atoms with Crippen LogP contribution >= 0.6 is 11.8 Å². The molecule has 1 aliphatic rings. The lowest BCUT2D eigenvalue weighted by molar-refractivity contribution is 0.249. The van der Waals surface area contributed by atoms with E-state index in [9.17, 15) is 4.39 Å². The number of para-hydroxylation sites is 1. The average Bonchev–Trinajstić information content (AvgIpc) is 2.57. The summed E-state index contributed by atoms with van der Waals surface area (Å²) in [6.45, 7) is 4.67. The minimum Gasteiger partial charge on any atom is -0.367 e. The molecule has 1 heterocycles. The molecule has 0 aliphatic carbocycles. The van der Waals surface area contributed by atoms with Gasteiger partial charge in [-0.05, 0) is 36.1 Å². The number of rotatable bonds is 4. The maximum atomic E-state index is 13.8. The zero-order valence-electron chi connectivity index (χ0n) is 12.8. The third-order valence-corrected chi connectivity index (χ3v) is 4.87. The highest BCUT2D eigenvalue weighted by Crippen LogP contribution is 2.21. The molecule has 0 aromatic heterocycles. The van der Waals surface area contributed by atoms with E-state index in [0.717, 1.165) is 38.4 Å². The summed E-state index contributed by atoms with van der Waals surface area (Å²) in [6.07, 6.45) is 2.09. The van der Waals surface area contributed by atoms with Gasteiger partial charge >= 0.3 is 0 Å². The van der Waals surface area contributed by atoms with Gasteiger partial charge in [-0.1, -0.05) is 24.3 Å². The van der Waals surface area contributed by atoms with Crippen LogP contribution < -0.4 is 4.90 Å². The smallest absolute Gasteiger partial charge is 0.146 e. The number of halogens is 1. The normalized spacial score (nSPS) is 16.0. The largest absolute Gasteiger partial charge is 0.367 e. The lowest BCUT2D eigenvalue weighted by Gasteiger charge is -2.36. The van der Waals surface area contributed by atoms with E-state index in [1.54, 1.807) is 17.8 Å². The van der Waals surface area contributed by atoms with Crippen molar-refractivity contribution in [1.82, 2.24) is 4.90 Å². The van der Waals surface area contributed by atoms with Crippen molar-refractivity contribution in [2.24, 2.45) is 0 Å². The van der Waals surface area contributed by atoms with Gasteiger partial charge in [0.1, 0.15) is 5.82 Å². The van der Waals surface area contributed by atoms with Crippen molar-refractivity contribution in [3.05, 3.63) is 59.9 Å². The van der Waals surface area contributed by atoms with Crippen molar-refractivity contribution in [2.45, 2.75) is 11.4 Å². The van der Waals surface area contributed by atoms with E-state index < -0.39 is 0 Å². The molecule has 1 saturated heterocycles. The standard InChI is InChI=1S/C18H21FN2S/c1-22-16-8-6-15(7-9-16)14-20-10-12-21(13-11-20)18-5-3-2-4-17(18)19/h2-9H,10-14H2,1H3. The summed E-state index contributed by atoms with van der Waals surface area (Å²) in [5.41, 5.74) is 2.07. The molecule has 22 heavy (non-hydrogen) atoms. The fraction of sp³-hybridized carbons (Fsp3) is 0.333. The van der Waals surface area contributed by atoms with Crippen LogP contribution in [0.5, 0.6) is 0 Å². The lowest BCUT2D eigenvalue weighted by Crippen LogP contribution is -2.46. The number of piperazine rings is 1. The van der Waals surface area contributed by atoms with E-state index >= 15 is 0 Å². The Balaban J connectivity index is 1.56. The molecule has 0 bridgehead atoms. The molecule has 2 nitrogen and oxygen atoms in total. The van der Waals surface area contributed by atoms with Gasteiger partial charge in [0, 0.05) is 37.6 Å². The molecule has 2 aromatic carbocycles. The van der Waals surface area contributed by atoms with Crippen LogP contribution in [0.2, 0.25) is 0 Å². The third kappa shape index (κ3) is 3.62. The highest BCUT2D eigenvalue weighted by atomic mass is 32.2. The molecule has 0 unspecified atom stereocenters. The van der Waals surface area contributed by atoms with Gasteiger partial charge in [0.25, 0.3) is 0 Å². The summed E-state index contributed by atoms with van der Waals surface area (Å²) < 4.78 is 13.8. The Hall–Kier alpha value is -1.52. The van der Waals surface area contributed by atoms with Crippen LogP contribution in [0.15, 0.2) is 53.4 Å². The van der Waals surface area contributed by atoms with E-state index in [-0.39, 0.29) is 5.82 Å². The number of hydrogen-bond donors (Lipinski definition) is 0. The van der Waals surface area contributed by atoms with Gasteiger partial charge < -0.3 is 4.90 Å². The number of hydrogen-bond acceptors (Lipinski definition) is 3. The second-order valence-corrected chi connectivity index (χ2v) is 6.44. The molecule has 116 valence electrons. The molecule has 0 atom stereocenters. The molecular weight excluding hydrogens is 295 g/mol. The second-order valence-electron chi connectivity index (χ2n) is 5.56. The van der Waals surface area contributed by atoms with Gasteiger partial charge in [-0.2, -0.15) is 0 Å². The first-order chi connectivity index (χ1) is 10.8. The lowest BCUT2D eigenvalue weighted by atomic mass is 10.2. The van der Waals surface area contributed by atoms with Crippen molar-refractivity contribution >= 4 is 17.4 Å². The molecule has 1 fully saturated rings. The molecule has 0 radical (unpaired) electrons. The van der Waals surface area contributed by atoms with Gasteiger partial charge in [0.2, 0.25) is 0 Å².